The van der Waals surface area contributed by atoms with E-state index >= 15 is 0 Å². The summed E-state index contributed by atoms with van der Waals surface area (Å²) in [5.74, 6) is 1.16. The molecule has 6 heteroatoms. The summed E-state index contributed by atoms with van der Waals surface area (Å²) < 4.78 is 4.81. The van der Waals surface area contributed by atoms with Crippen LogP contribution in [-0.4, -0.2) is 29.6 Å². The number of aromatic nitrogens is 2. The summed E-state index contributed by atoms with van der Waals surface area (Å²) in [6.07, 6.45) is 2.62. The Morgan fingerprint density at radius 1 is 1.11 bits per heavy atom. The van der Waals surface area contributed by atoms with Gasteiger partial charge in [0.25, 0.3) is 0 Å². The molecule has 0 saturated carbocycles. The van der Waals surface area contributed by atoms with Crippen LogP contribution in [0.25, 0.3) is 0 Å². The lowest BCUT2D eigenvalue weighted by molar-refractivity contribution is 0.0600. The number of nitrogens with zero attached hydrogens (tertiary/aromatic N) is 3. The van der Waals surface area contributed by atoms with Crippen LogP contribution in [0.4, 0.5) is 17.5 Å². The minimum atomic E-state index is -0.298. The first-order valence-corrected chi connectivity index (χ1v) is 8.83. The molecule has 0 unspecified atom stereocenters. The number of carbonyl (C=O) groups is 1. The molecule has 1 aliphatic heterocycles. The number of rotatable bonds is 4. The highest BCUT2D eigenvalue weighted by molar-refractivity contribution is 5.89. The maximum atomic E-state index is 11.7. The highest BCUT2D eigenvalue weighted by Crippen LogP contribution is 2.25. The van der Waals surface area contributed by atoms with Crippen molar-refractivity contribution in [2.45, 2.75) is 13.0 Å². The third kappa shape index (κ3) is 3.74. The highest BCUT2D eigenvalue weighted by atomic mass is 16.5. The van der Waals surface area contributed by atoms with Crippen molar-refractivity contribution in [2.24, 2.45) is 0 Å². The Hall–Kier alpha value is -3.41. The number of methoxy groups -OCH3 is 1. The smallest absolute Gasteiger partial charge is 0.337 e. The van der Waals surface area contributed by atoms with Crippen LogP contribution in [0.5, 0.6) is 0 Å². The van der Waals surface area contributed by atoms with Gasteiger partial charge in [-0.05, 0) is 47.9 Å². The van der Waals surface area contributed by atoms with Crippen LogP contribution in [0.15, 0.2) is 60.8 Å². The molecule has 3 aromatic rings. The lowest BCUT2D eigenvalue weighted by Gasteiger charge is -2.30. The molecule has 136 valence electrons. The summed E-state index contributed by atoms with van der Waals surface area (Å²) in [7, 11) is 1.40. The van der Waals surface area contributed by atoms with Gasteiger partial charge in [-0.1, -0.05) is 24.3 Å². The number of anilines is 3. The van der Waals surface area contributed by atoms with Gasteiger partial charge in [-0.25, -0.2) is 9.78 Å². The maximum absolute atomic E-state index is 11.7. The molecule has 1 N–H and O–H groups in total. The summed E-state index contributed by atoms with van der Waals surface area (Å²) in [6.45, 7) is 1.58. The average Bonchev–Trinajstić information content (AvgIpc) is 2.73. The Kier molecular flexibility index (Phi) is 4.70. The highest BCUT2D eigenvalue weighted by Gasteiger charge is 2.19. The molecule has 0 amide bonds. The van der Waals surface area contributed by atoms with E-state index in [-0.39, 0.29) is 5.97 Å². The molecule has 27 heavy (non-hydrogen) atoms. The Morgan fingerprint density at radius 3 is 2.78 bits per heavy atom. The van der Waals surface area contributed by atoms with Crippen LogP contribution < -0.4 is 10.2 Å². The second kappa shape index (κ2) is 7.45. The van der Waals surface area contributed by atoms with Gasteiger partial charge in [-0.2, -0.15) is 4.98 Å². The van der Waals surface area contributed by atoms with Gasteiger partial charge < -0.3 is 15.0 Å². The van der Waals surface area contributed by atoms with Crippen molar-refractivity contribution in [3.63, 3.8) is 0 Å². The minimum absolute atomic E-state index is 0.298. The zero-order valence-corrected chi connectivity index (χ0v) is 15.1. The third-order valence-corrected chi connectivity index (χ3v) is 4.63. The molecule has 2 aromatic carbocycles. The monoisotopic (exact) mass is 360 g/mol. The van der Waals surface area contributed by atoms with E-state index in [1.807, 2.05) is 54.6 Å². The second-order valence-corrected chi connectivity index (χ2v) is 6.38. The van der Waals surface area contributed by atoms with E-state index in [1.54, 1.807) is 6.20 Å². The van der Waals surface area contributed by atoms with Gasteiger partial charge in [0.15, 0.2) is 0 Å². The van der Waals surface area contributed by atoms with Crippen LogP contribution >= 0.6 is 0 Å². The Balaban J connectivity index is 1.52. The van der Waals surface area contributed by atoms with Crippen molar-refractivity contribution in [3.05, 3.63) is 77.5 Å². The second-order valence-electron chi connectivity index (χ2n) is 6.38. The molecule has 1 aliphatic rings. The summed E-state index contributed by atoms with van der Waals surface area (Å²) in [5.41, 5.74) is 3.94. The Bertz CT molecular complexity index is 959. The number of hydrogen-bond acceptors (Lipinski definition) is 6. The number of fused-ring (bicyclic) bond motifs is 1. The van der Waals surface area contributed by atoms with Crippen molar-refractivity contribution in [2.75, 3.05) is 23.9 Å². The molecule has 0 aliphatic carbocycles. The van der Waals surface area contributed by atoms with Crippen LogP contribution in [0.3, 0.4) is 0 Å². The van der Waals surface area contributed by atoms with Gasteiger partial charge in [-0.3, -0.25) is 0 Å². The first kappa shape index (κ1) is 17.0. The van der Waals surface area contributed by atoms with Gasteiger partial charge in [-0.15, -0.1) is 0 Å². The lowest BCUT2D eigenvalue weighted by Crippen LogP contribution is -2.31. The summed E-state index contributed by atoms with van der Waals surface area (Å²) >= 11 is 0. The topological polar surface area (TPSA) is 67.3 Å². The standard InChI is InChI=1S/C21H20N4O2/c1-27-20(26)16-7-8-17-14-25(12-10-15(17)13-16)19-9-11-22-21(24-19)23-18-5-3-2-4-6-18/h2-9,11,13H,10,12,14H2,1H3,(H,22,23,24). The number of ether oxygens (including phenoxy) is 1. The number of carbonyl (C=O) groups excluding carboxylic acids is 1. The van der Waals surface area contributed by atoms with Gasteiger partial charge in [0.1, 0.15) is 5.82 Å². The zero-order valence-electron chi connectivity index (χ0n) is 15.1. The largest absolute Gasteiger partial charge is 0.465 e. The summed E-state index contributed by atoms with van der Waals surface area (Å²) in [6, 6.07) is 17.5. The fourth-order valence-corrected chi connectivity index (χ4v) is 3.23. The van der Waals surface area contributed by atoms with E-state index < -0.39 is 0 Å². The van der Waals surface area contributed by atoms with E-state index in [4.69, 9.17) is 4.74 Å². The first-order chi connectivity index (χ1) is 13.2. The van der Waals surface area contributed by atoms with E-state index in [2.05, 4.69) is 20.2 Å². The molecule has 2 heterocycles. The fourth-order valence-electron chi connectivity index (χ4n) is 3.23. The molecular weight excluding hydrogens is 340 g/mol. The van der Waals surface area contributed by atoms with Crippen molar-refractivity contribution in [1.29, 1.82) is 0 Å². The van der Waals surface area contributed by atoms with E-state index in [9.17, 15) is 4.79 Å². The van der Waals surface area contributed by atoms with Crippen LogP contribution in [0.1, 0.15) is 21.5 Å². The van der Waals surface area contributed by atoms with Gasteiger partial charge in [0, 0.05) is 25.0 Å². The van der Waals surface area contributed by atoms with E-state index in [1.165, 1.54) is 18.2 Å². The Morgan fingerprint density at radius 2 is 1.96 bits per heavy atom. The molecule has 0 radical (unpaired) electrons. The van der Waals surface area contributed by atoms with E-state index in [0.717, 1.165) is 31.0 Å². The predicted octanol–water partition coefficient (Wildman–Crippen LogP) is 3.57. The van der Waals surface area contributed by atoms with Crippen molar-refractivity contribution in [1.82, 2.24) is 9.97 Å². The lowest BCUT2D eigenvalue weighted by atomic mass is 9.97. The third-order valence-electron chi connectivity index (χ3n) is 4.63. The van der Waals surface area contributed by atoms with Crippen LogP contribution in [-0.2, 0) is 17.7 Å². The molecule has 0 spiro atoms. The Labute approximate surface area is 157 Å². The number of esters is 1. The maximum Gasteiger partial charge on any atom is 0.337 e. The number of hydrogen-bond donors (Lipinski definition) is 1. The normalized spacial score (nSPS) is 13.0. The summed E-state index contributed by atoms with van der Waals surface area (Å²) in [4.78, 5) is 22.9. The van der Waals surface area contributed by atoms with Crippen LogP contribution in [0, 0.1) is 0 Å². The first-order valence-electron chi connectivity index (χ1n) is 8.83. The molecule has 0 fully saturated rings. The predicted molar refractivity (Wildman–Crippen MR) is 104 cm³/mol. The molecule has 6 nitrogen and oxygen atoms in total. The molecule has 0 bridgehead atoms. The molecule has 0 saturated heterocycles. The van der Waals surface area contributed by atoms with E-state index in [0.29, 0.717) is 11.5 Å². The van der Waals surface area contributed by atoms with Crippen molar-refractivity contribution >= 4 is 23.4 Å². The van der Waals surface area contributed by atoms with Gasteiger partial charge in [0.05, 0.1) is 12.7 Å². The van der Waals surface area contributed by atoms with Gasteiger partial charge >= 0.3 is 5.97 Å². The molecule has 4 rings (SSSR count). The molecule has 0 atom stereocenters. The zero-order chi connectivity index (χ0) is 18.6. The molecular formula is C21H20N4O2. The SMILES string of the molecule is COC(=O)c1ccc2c(c1)CCN(c1ccnc(Nc3ccccc3)n1)C2. The number of nitrogens with one attached hydrogen (secondary N) is 1. The van der Waals surface area contributed by atoms with Gasteiger partial charge in [0.2, 0.25) is 5.95 Å². The summed E-state index contributed by atoms with van der Waals surface area (Å²) in [5, 5.41) is 3.23. The average molecular weight is 360 g/mol. The van der Waals surface area contributed by atoms with Crippen LogP contribution in [0.2, 0.25) is 0 Å². The molecule has 1 aromatic heterocycles. The quantitative estimate of drug-likeness (QED) is 0.718. The fraction of sp³-hybridized carbons (Fsp3) is 0.190. The van der Waals surface area contributed by atoms with Crippen molar-refractivity contribution < 1.29 is 9.53 Å². The number of para-hydroxylation sites is 1. The minimum Gasteiger partial charge on any atom is -0.465 e. The van der Waals surface area contributed by atoms with Crippen molar-refractivity contribution in [3.8, 4) is 0 Å². The number of benzene rings is 2.